The highest BCUT2D eigenvalue weighted by molar-refractivity contribution is 5.42. The Kier molecular flexibility index (Phi) is 4.03. The molecule has 146 valence electrons. The van der Waals surface area contributed by atoms with Gasteiger partial charge in [0.05, 0.1) is 30.5 Å². The summed E-state index contributed by atoms with van der Waals surface area (Å²) in [7, 11) is 0. The van der Waals surface area contributed by atoms with Crippen molar-refractivity contribution >= 4 is 0 Å². The van der Waals surface area contributed by atoms with Gasteiger partial charge in [-0.1, -0.05) is 0 Å². The molecule has 11 heteroatoms. The zero-order valence-electron chi connectivity index (χ0n) is 13.3. The third kappa shape index (κ3) is 2.39. The molecule has 4 rings (SSSR count). The summed E-state index contributed by atoms with van der Waals surface area (Å²) in [6.45, 7) is -0.400. The van der Waals surface area contributed by atoms with Gasteiger partial charge in [0, 0.05) is 6.42 Å². The van der Waals surface area contributed by atoms with Crippen molar-refractivity contribution in [3.63, 3.8) is 0 Å². The van der Waals surface area contributed by atoms with Gasteiger partial charge in [-0.25, -0.2) is 17.6 Å². The highest BCUT2D eigenvalue weighted by Crippen LogP contribution is 2.56. The molecule has 4 nitrogen and oxygen atoms in total. The summed E-state index contributed by atoms with van der Waals surface area (Å²) < 4.78 is 108. The van der Waals surface area contributed by atoms with E-state index < -0.39 is 66.1 Å². The van der Waals surface area contributed by atoms with Crippen LogP contribution in [-0.2, 0) is 21.4 Å². The summed E-state index contributed by atoms with van der Waals surface area (Å²) in [5.41, 5.74) is -3.02. The van der Waals surface area contributed by atoms with E-state index in [2.05, 4.69) is 5.10 Å². The van der Waals surface area contributed by atoms with Crippen LogP contribution in [0.25, 0.3) is 0 Å². The standard InChI is InChI=1S/C15H15F7N2O2/c16-7-2-1-6(5-8(7)17)24-11-9(13(23-24)15(20,21)22)14(12(19)10(11)18)25-3-4-26-14/h6-8,10,12H,1-5H2/t6-,7-,8+,10-,12+/m0/s1. The number of alkyl halides is 7. The zero-order chi connectivity index (χ0) is 18.9. The minimum atomic E-state index is -5.02. The van der Waals surface area contributed by atoms with Crippen LogP contribution in [0.5, 0.6) is 0 Å². The number of hydrogen-bond acceptors (Lipinski definition) is 3. The number of fused-ring (bicyclic) bond motifs is 2. The molecular formula is C15H15F7N2O2. The molecule has 5 atom stereocenters. The molecule has 3 aliphatic rings. The van der Waals surface area contributed by atoms with E-state index in [1.54, 1.807) is 0 Å². The summed E-state index contributed by atoms with van der Waals surface area (Å²) in [6.07, 6.45) is -14.4. The zero-order valence-corrected chi connectivity index (χ0v) is 13.3. The summed E-state index contributed by atoms with van der Waals surface area (Å²) in [4.78, 5) is 0. The molecule has 0 unspecified atom stereocenters. The second-order valence-corrected chi connectivity index (χ2v) is 6.72. The van der Waals surface area contributed by atoms with E-state index in [9.17, 15) is 30.7 Å². The largest absolute Gasteiger partial charge is 0.435 e. The van der Waals surface area contributed by atoms with E-state index in [-0.39, 0.29) is 26.1 Å². The molecule has 1 aromatic rings. The van der Waals surface area contributed by atoms with Gasteiger partial charge in [0.2, 0.25) is 5.79 Å². The molecule has 26 heavy (non-hydrogen) atoms. The van der Waals surface area contributed by atoms with Crippen LogP contribution in [0.1, 0.15) is 48.4 Å². The van der Waals surface area contributed by atoms with Gasteiger partial charge in [0.1, 0.15) is 12.3 Å². The molecule has 2 fully saturated rings. The smallest absolute Gasteiger partial charge is 0.341 e. The lowest BCUT2D eigenvalue weighted by molar-refractivity contribution is -0.217. The van der Waals surface area contributed by atoms with E-state index >= 15 is 0 Å². The molecule has 1 aliphatic heterocycles. The van der Waals surface area contributed by atoms with Gasteiger partial charge in [-0.05, 0) is 12.8 Å². The normalized spacial score (nSPS) is 36.7. The van der Waals surface area contributed by atoms with Crippen molar-refractivity contribution in [2.45, 2.75) is 62.0 Å². The second-order valence-electron chi connectivity index (χ2n) is 6.72. The van der Waals surface area contributed by atoms with Crippen LogP contribution >= 0.6 is 0 Å². The van der Waals surface area contributed by atoms with Crippen LogP contribution < -0.4 is 0 Å². The van der Waals surface area contributed by atoms with Gasteiger partial charge >= 0.3 is 6.18 Å². The fourth-order valence-corrected chi connectivity index (χ4v) is 4.01. The van der Waals surface area contributed by atoms with Gasteiger partial charge in [0.15, 0.2) is 18.0 Å². The monoisotopic (exact) mass is 388 g/mol. The molecule has 0 radical (unpaired) electrons. The number of hydrogen-bond donors (Lipinski definition) is 0. The van der Waals surface area contributed by atoms with Crippen molar-refractivity contribution in [2.24, 2.45) is 0 Å². The van der Waals surface area contributed by atoms with Crippen LogP contribution in [0.3, 0.4) is 0 Å². The molecule has 0 aromatic carbocycles. The lowest BCUT2D eigenvalue weighted by Gasteiger charge is -2.29. The Morgan fingerprint density at radius 3 is 2.23 bits per heavy atom. The van der Waals surface area contributed by atoms with Gasteiger partial charge in [-0.2, -0.15) is 18.3 Å². The third-order valence-electron chi connectivity index (χ3n) is 5.17. The highest BCUT2D eigenvalue weighted by Gasteiger charge is 2.64. The van der Waals surface area contributed by atoms with Gasteiger partial charge < -0.3 is 9.47 Å². The van der Waals surface area contributed by atoms with Crippen LogP contribution in [0.4, 0.5) is 30.7 Å². The quantitative estimate of drug-likeness (QED) is 0.686. The van der Waals surface area contributed by atoms with E-state index in [4.69, 9.17) is 9.47 Å². The van der Waals surface area contributed by atoms with Crippen molar-refractivity contribution in [1.82, 2.24) is 9.78 Å². The molecular weight excluding hydrogens is 373 g/mol. The van der Waals surface area contributed by atoms with Crippen LogP contribution in [0, 0.1) is 0 Å². The number of rotatable bonds is 1. The summed E-state index contributed by atoms with van der Waals surface area (Å²) >= 11 is 0. The van der Waals surface area contributed by atoms with Crippen molar-refractivity contribution in [2.75, 3.05) is 13.2 Å². The lowest BCUT2D eigenvalue weighted by Crippen LogP contribution is -2.37. The molecule has 0 bridgehead atoms. The summed E-state index contributed by atoms with van der Waals surface area (Å²) in [6, 6.07) is -1.01. The Hall–Kier alpha value is -1.36. The minimum Gasteiger partial charge on any atom is -0.341 e. The first-order chi connectivity index (χ1) is 12.2. The van der Waals surface area contributed by atoms with Crippen molar-refractivity contribution in [1.29, 1.82) is 0 Å². The fourth-order valence-electron chi connectivity index (χ4n) is 4.01. The molecule has 1 spiro atoms. The van der Waals surface area contributed by atoms with E-state index in [0.29, 0.717) is 4.68 Å². The van der Waals surface area contributed by atoms with Crippen LogP contribution in [-0.4, -0.2) is 41.5 Å². The minimum absolute atomic E-state index is 0.0363. The van der Waals surface area contributed by atoms with Crippen molar-refractivity contribution < 1.29 is 40.2 Å². The van der Waals surface area contributed by atoms with Gasteiger partial charge in [-0.3, -0.25) is 4.68 Å². The maximum absolute atomic E-state index is 14.7. The molecule has 2 heterocycles. The van der Waals surface area contributed by atoms with Gasteiger partial charge in [-0.15, -0.1) is 0 Å². The third-order valence-corrected chi connectivity index (χ3v) is 5.17. The Bertz CT molecular complexity index is 701. The van der Waals surface area contributed by atoms with Gasteiger partial charge in [0.25, 0.3) is 0 Å². The maximum Gasteiger partial charge on any atom is 0.435 e. The predicted molar refractivity (Wildman–Crippen MR) is 72.2 cm³/mol. The molecule has 2 aliphatic carbocycles. The lowest BCUT2D eigenvalue weighted by atomic mass is 9.92. The Labute approximate surface area is 143 Å². The molecule has 0 amide bonds. The molecule has 0 N–H and O–H groups in total. The number of ether oxygens (including phenoxy) is 2. The Morgan fingerprint density at radius 1 is 1.00 bits per heavy atom. The fraction of sp³-hybridized carbons (Fsp3) is 0.800. The SMILES string of the molecule is F[C@@H]1C[C@@H](n2nc(C(F)(F)F)c3c2[C@H](F)[C@@H](F)C32OCCO2)CC[C@@H]1F. The average molecular weight is 388 g/mol. The Balaban J connectivity index is 1.86. The molecule has 1 saturated carbocycles. The first-order valence-electron chi connectivity index (χ1n) is 8.21. The average Bonchev–Trinajstić information content (AvgIpc) is 3.24. The van der Waals surface area contributed by atoms with E-state index in [1.807, 2.05) is 0 Å². The second kappa shape index (κ2) is 5.82. The van der Waals surface area contributed by atoms with Crippen LogP contribution in [0.2, 0.25) is 0 Å². The van der Waals surface area contributed by atoms with Crippen molar-refractivity contribution in [3.05, 3.63) is 17.0 Å². The Morgan fingerprint density at radius 2 is 1.65 bits per heavy atom. The van der Waals surface area contributed by atoms with E-state index in [1.165, 1.54) is 0 Å². The first kappa shape index (κ1) is 18.0. The summed E-state index contributed by atoms with van der Waals surface area (Å²) in [5.74, 6) is -2.51. The van der Waals surface area contributed by atoms with Crippen LogP contribution in [0.15, 0.2) is 0 Å². The predicted octanol–water partition coefficient (Wildman–Crippen LogP) is 3.87. The topological polar surface area (TPSA) is 36.3 Å². The van der Waals surface area contributed by atoms with E-state index in [0.717, 1.165) is 0 Å². The molecule has 1 saturated heterocycles. The molecule has 1 aromatic heterocycles. The first-order valence-corrected chi connectivity index (χ1v) is 8.21. The summed E-state index contributed by atoms with van der Waals surface area (Å²) in [5, 5.41) is 3.43. The number of nitrogens with zero attached hydrogens (tertiary/aromatic N) is 2. The highest BCUT2D eigenvalue weighted by atomic mass is 19.4. The number of aromatic nitrogens is 2. The number of halogens is 7. The van der Waals surface area contributed by atoms with Crippen molar-refractivity contribution in [3.8, 4) is 0 Å². The maximum atomic E-state index is 14.7.